The summed E-state index contributed by atoms with van der Waals surface area (Å²) in [6, 6.07) is 7.41. The van der Waals surface area contributed by atoms with E-state index in [9.17, 15) is 9.59 Å². The van der Waals surface area contributed by atoms with Crippen LogP contribution in [0.1, 0.15) is 18.4 Å². The molecular weight excluding hydrogens is 276 g/mol. The highest BCUT2D eigenvalue weighted by Gasteiger charge is 2.20. The Labute approximate surface area is 124 Å². The second kappa shape index (κ2) is 7.41. The predicted octanol–water partition coefficient (Wildman–Crippen LogP) is 1.87. The average Bonchev–Trinajstić information content (AvgIpc) is 2.47. The number of benzene rings is 1. The summed E-state index contributed by atoms with van der Waals surface area (Å²) < 4.78 is 0. The Morgan fingerprint density at radius 3 is 2.85 bits per heavy atom. The van der Waals surface area contributed by atoms with E-state index in [-0.39, 0.29) is 11.8 Å². The third-order valence-corrected chi connectivity index (χ3v) is 3.76. The van der Waals surface area contributed by atoms with E-state index in [4.69, 9.17) is 11.6 Å². The molecule has 5 heteroatoms. The Morgan fingerprint density at radius 1 is 1.40 bits per heavy atom. The molecule has 1 heterocycles. The quantitative estimate of drug-likeness (QED) is 0.844. The van der Waals surface area contributed by atoms with Crippen molar-refractivity contribution in [2.45, 2.75) is 19.4 Å². The minimum absolute atomic E-state index is 0.00787. The van der Waals surface area contributed by atoms with Gasteiger partial charge in [-0.05, 0) is 37.1 Å². The molecule has 0 radical (unpaired) electrons. The van der Waals surface area contributed by atoms with Crippen molar-refractivity contribution in [2.24, 2.45) is 5.92 Å². The third kappa shape index (κ3) is 4.62. The molecular formula is C15H19ClN2O2. The Balaban J connectivity index is 1.75. The van der Waals surface area contributed by atoms with Crippen molar-refractivity contribution in [1.82, 2.24) is 10.2 Å². The fourth-order valence-corrected chi connectivity index (χ4v) is 2.53. The van der Waals surface area contributed by atoms with E-state index < -0.39 is 0 Å². The first-order chi connectivity index (χ1) is 9.67. The van der Waals surface area contributed by atoms with Gasteiger partial charge in [0.1, 0.15) is 6.29 Å². The number of hydrogen-bond acceptors (Lipinski definition) is 3. The van der Waals surface area contributed by atoms with Crippen LogP contribution in [0.3, 0.4) is 0 Å². The molecule has 1 aliphatic heterocycles. The van der Waals surface area contributed by atoms with Crippen LogP contribution >= 0.6 is 11.6 Å². The maximum Gasteiger partial charge on any atom is 0.234 e. The summed E-state index contributed by atoms with van der Waals surface area (Å²) >= 11 is 5.81. The maximum absolute atomic E-state index is 11.9. The lowest BCUT2D eigenvalue weighted by Crippen LogP contribution is -2.42. The molecule has 20 heavy (non-hydrogen) atoms. The first kappa shape index (κ1) is 15.0. The number of carbonyl (C=O) groups is 2. The van der Waals surface area contributed by atoms with Crippen molar-refractivity contribution in [3.8, 4) is 0 Å². The Hall–Kier alpha value is -1.39. The number of carbonyl (C=O) groups excluding carboxylic acids is 2. The van der Waals surface area contributed by atoms with Gasteiger partial charge in [0.05, 0.1) is 6.54 Å². The van der Waals surface area contributed by atoms with Gasteiger partial charge in [0, 0.05) is 24.0 Å². The molecule has 0 saturated carbocycles. The zero-order valence-corrected chi connectivity index (χ0v) is 12.1. The first-order valence-electron chi connectivity index (χ1n) is 6.86. The fourth-order valence-electron chi connectivity index (χ4n) is 2.41. The van der Waals surface area contributed by atoms with Crippen LogP contribution < -0.4 is 5.32 Å². The van der Waals surface area contributed by atoms with Crippen molar-refractivity contribution in [2.75, 3.05) is 19.6 Å². The number of likely N-dealkylation sites (tertiary alicyclic amines) is 1. The number of halogens is 1. The molecule has 1 N–H and O–H groups in total. The summed E-state index contributed by atoms with van der Waals surface area (Å²) in [5, 5.41) is 3.57. The van der Waals surface area contributed by atoms with Gasteiger partial charge in [0.2, 0.25) is 5.91 Å². The van der Waals surface area contributed by atoms with Gasteiger partial charge in [0.25, 0.3) is 0 Å². The smallest absolute Gasteiger partial charge is 0.234 e. The molecule has 1 aromatic carbocycles. The van der Waals surface area contributed by atoms with Crippen LogP contribution in [0.25, 0.3) is 0 Å². The lowest BCUT2D eigenvalue weighted by Gasteiger charge is -2.29. The topological polar surface area (TPSA) is 49.4 Å². The van der Waals surface area contributed by atoms with E-state index in [2.05, 4.69) is 5.32 Å². The van der Waals surface area contributed by atoms with E-state index in [1.807, 2.05) is 29.2 Å². The van der Waals surface area contributed by atoms with Crippen LogP contribution in [-0.2, 0) is 16.1 Å². The molecule has 0 spiro atoms. The summed E-state index contributed by atoms with van der Waals surface area (Å²) in [5.41, 5.74) is 1.02. The minimum atomic E-state index is -0.00787. The number of nitrogens with one attached hydrogen (secondary N) is 1. The number of hydrogen-bond donors (Lipinski definition) is 1. The van der Waals surface area contributed by atoms with Gasteiger partial charge in [-0.3, -0.25) is 9.69 Å². The second-order valence-electron chi connectivity index (χ2n) is 5.18. The average molecular weight is 295 g/mol. The standard InChI is InChI=1S/C15H19ClN2O2/c16-14-5-3-12(4-6-14)8-17-15(20)10-18-7-1-2-13(9-18)11-19/h3-6,11,13H,1-2,7-10H2,(H,17,20). The predicted molar refractivity (Wildman–Crippen MR) is 78.5 cm³/mol. The fraction of sp³-hybridized carbons (Fsp3) is 0.467. The summed E-state index contributed by atoms with van der Waals surface area (Å²) in [6.45, 7) is 2.44. The molecule has 1 fully saturated rings. The van der Waals surface area contributed by atoms with Crippen LogP contribution in [0.5, 0.6) is 0 Å². The molecule has 0 aliphatic carbocycles. The molecule has 1 unspecified atom stereocenters. The molecule has 0 aromatic heterocycles. The lowest BCUT2D eigenvalue weighted by molar-refractivity contribution is -0.123. The molecule has 108 valence electrons. The maximum atomic E-state index is 11.9. The SMILES string of the molecule is O=CC1CCCN(CC(=O)NCc2ccc(Cl)cc2)C1. The van der Waals surface area contributed by atoms with Crippen LogP contribution in [-0.4, -0.2) is 36.7 Å². The highest BCUT2D eigenvalue weighted by atomic mass is 35.5. The minimum Gasteiger partial charge on any atom is -0.351 e. The Bertz CT molecular complexity index is 461. The summed E-state index contributed by atoms with van der Waals surface area (Å²) in [6.07, 6.45) is 2.91. The van der Waals surface area contributed by atoms with Gasteiger partial charge in [-0.2, -0.15) is 0 Å². The molecule has 1 aromatic rings. The van der Waals surface area contributed by atoms with Crippen LogP contribution in [0.4, 0.5) is 0 Å². The highest BCUT2D eigenvalue weighted by Crippen LogP contribution is 2.14. The Morgan fingerprint density at radius 2 is 2.15 bits per heavy atom. The summed E-state index contributed by atoms with van der Waals surface area (Å²) in [5.74, 6) is 0.0688. The van der Waals surface area contributed by atoms with Gasteiger partial charge >= 0.3 is 0 Å². The molecule has 1 aliphatic rings. The van der Waals surface area contributed by atoms with E-state index >= 15 is 0 Å². The van der Waals surface area contributed by atoms with Crippen molar-refractivity contribution in [3.63, 3.8) is 0 Å². The summed E-state index contributed by atoms with van der Waals surface area (Å²) in [7, 11) is 0. The second-order valence-corrected chi connectivity index (χ2v) is 5.61. The zero-order chi connectivity index (χ0) is 14.4. The zero-order valence-electron chi connectivity index (χ0n) is 11.3. The highest BCUT2D eigenvalue weighted by molar-refractivity contribution is 6.30. The number of aldehydes is 1. The van der Waals surface area contributed by atoms with Crippen molar-refractivity contribution in [3.05, 3.63) is 34.9 Å². The van der Waals surface area contributed by atoms with Gasteiger partial charge in [-0.25, -0.2) is 0 Å². The van der Waals surface area contributed by atoms with Crippen LogP contribution in [0, 0.1) is 5.92 Å². The third-order valence-electron chi connectivity index (χ3n) is 3.50. The van der Waals surface area contributed by atoms with E-state index in [1.54, 1.807) is 0 Å². The van der Waals surface area contributed by atoms with Crippen LogP contribution in [0.2, 0.25) is 5.02 Å². The van der Waals surface area contributed by atoms with Crippen LogP contribution in [0.15, 0.2) is 24.3 Å². The summed E-state index contributed by atoms with van der Waals surface area (Å²) in [4.78, 5) is 24.7. The molecule has 4 nitrogen and oxygen atoms in total. The number of piperidine rings is 1. The van der Waals surface area contributed by atoms with E-state index in [1.165, 1.54) is 0 Å². The number of nitrogens with zero attached hydrogens (tertiary/aromatic N) is 1. The van der Waals surface area contributed by atoms with Crippen molar-refractivity contribution < 1.29 is 9.59 Å². The molecule has 0 bridgehead atoms. The Kier molecular flexibility index (Phi) is 5.56. The van der Waals surface area contributed by atoms with E-state index in [0.29, 0.717) is 24.7 Å². The first-order valence-corrected chi connectivity index (χ1v) is 7.24. The largest absolute Gasteiger partial charge is 0.351 e. The molecule has 1 amide bonds. The monoisotopic (exact) mass is 294 g/mol. The van der Waals surface area contributed by atoms with Gasteiger partial charge in [-0.15, -0.1) is 0 Å². The van der Waals surface area contributed by atoms with E-state index in [0.717, 1.165) is 31.2 Å². The van der Waals surface area contributed by atoms with Crippen molar-refractivity contribution in [1.29, 1.82) is 0 Å². The van der Waals surface area contributed by atoms with Crippen molar-refractivity contribution >= 4 is 23.8 Å². The van der Waals surface area contributed by atoms with Gasteiger partial charge in [0.15, 0.2) is 0 Å². The number of amides is 1. The molecule has 2 rings (SSSR count). The number of rotatable bonds is 5. The molecule has 1 saturated heterocycles. The van der Waals surface area contributed by atoms with Gasteiger partial charge < -0.3 is 10.1 Å². The molecule has 1 atom stereocenters. The van der Waals surface area contributed by atoms with Gasteiger partial charge in [-0.1, -0.05) is 23.7 Å². The normalized spacial score (nSPS) is 19.6. The lowest BCUT2D eigenvalue weighted by atomic mass is 10.00.